The summed E-state index contributed by atoms with van der Waals surface area (Å²) in [6.45, 7) is 1.79. The predicted octanol–water partition coefficient (Wildman–Crippen LogP) is 4.90. The third-order valence-electron chi connectivity index (χ3n) is 4.68. The summed E-state index contributed by atoms with van der Waals surface area (Å²) in [5.41, 5.74) is 0.966. The fraction of sp³-hybridized carbons (Fsp3) is 0.0952. The van der Waals surface area contributed by atoms with Gasteiger partial charge in [-0.05, 0) is 48.9 Å². The molecular weight excluding hydrogens is 398 g/mol. The molecule has 1 N–H and O–H groups in total. The number of anilines is 2. The quantitative estimate of drug-likeness (QED) is 0.518. The minimum atomic E-state index is -1.09. The molecule has 146 valence electrons. The van der Waals surface area contributed by atoms with Gasteiger partial charge in [0.05, 0.1) is 12.1 Å². The van der Waals surface area contributed by atoms with Gasteiger partial charge in [-0.3, -0.25) is 4.79 Å². The van der Waals surface area contributed by atoms with Crippen molar-refractivity contribution < 1.29 is 8.78 Å². The smallest absolute Gasteiger partial charge is 0.251 e. The number of halogens is 3. The molecule has 0 radical (unpaired) electrons. The van der Waals surface area contributed by atoms with Crippen molar-refractivity contribution in [2.75, 3.05) is 4.90 Å². The highest BCUT2D eigenvalue weighted by Gasteiger charge is 2.20. The molecule has 4 rings (SSSR count). The summed E-state index contributed by atoms with van der Waals surface area (Å²) in [6, 6.07) is 11.3. The summed E-state index contributed by atoms with van der Waals surface area (Å²) in [7, 11) is 0. The number of hydrogen-bond acceptors (Lipinski definition) is 4. The normalized spacial score (nSPS) is 11.0. The van der Waals surface area contributed by atoms with E-state index in [0.29, 0.717) is 33.2 Å². The van der Waals surface area contributed by atoms with Crippen molar-refractivity contribution in [3.8, 4) is 0 Å². The SMILES string of the molecule is Cc1c(CN(c2cccc(Cl)c2)c2ncccn2)c2ccc(F)c(F)c2[nH]c1=O. The van der Waals surface area contributed by atoms with Crippen LogP contribution >= 0.6 is 11.6 Å². The van der Waals surface area contributed by atoms with Gasteiger partial charge in [-0.15, -0.1) is 0 Å². The molecule has 2 aromatic carbocycles. The molecule has 0 aliphatic heterocycles. The van der Waals surface area contributed by atoms with Gasteiger partial charge in [0.15, 0.2) is 11.6 Å². The van der Waals surface area contributed by atoms with Crippen LogP contribution in [0.4, 0.5) is 20.4 Å². The van der Waals surface area contributed by atoms with E-state index in [1.165, 1.54) is 6.07 Å². The summed E-state index contributed by atoms with van der Waals surface area (Å²) in [6.07, 6.45) is 3.19. The Bertz CT molecular complexity index is 1260. The van der Waals surface area contributed by atoms with Crippen molar-refractivity contribution in [3.05, 3.63) is 93.0 Å². The van der Waals surface area contributed by atoms with E-state index in [2.05, 4.69) is 15.0 Å². The number of aromatic amines is 1. The second-order valence-electron chi connectivity index (χ2n) is 6.46. The maximum absolute atomic E-state index is 14.3. The highest BCUT2D eigenvalue weighted by atomic mass is 35.5. The molecule has 0 spiro atoms. The number of nitrogens with one attached hydrogen (secondary N) is 1. The van der Waals surface area contributed by atoms with E-state index < -0.39 is 17.2 Å². The number of aromatic nitrogens is 3. The Labute approximate surface area is 169 Å². The predicted molar refractivity (Wildman–Crippen MR) is 109 cm³/mol. The lowest BCUT2D eigenvalue weighted by atomic mass is 10.0. The Kier molecular flexibility index (Phi) is 4.98. The van der Waals surface area contributed by atoms with Crippen LogP contribution in [0.3, 0.4) is 0 Å². The van der Waals surface area contributed by atoms with Crippen LogP contribution in [0.25, 0.3) is 10.9 Å². The van der Waals surface area contributed by atoms with E-state index in [-0.39, 0.29) is 12.1 Å². The molecule has 5 nitrogen and oxygen atoms in total. The summed E-state index contributed by atoms with van der Waals surface area (Å²) in [5, 5.41) is 0.924. The number of hydrogen-bond donors (Lipinski definition) is 1. The molecule has 29 heavy (non-hydrogen) atoms. The summed E-state index contributed by atoms with van der Waals surface area (Å²) in [5.74, 6) is -1.74. The molecule has 0 fully saturated rings. The Morgan fingerprint density at radius 3 is 2.59 bits per heavy atom. The van der Waals surface area contributed by atoms with Crippen molar-refractivity contribution >= 4 is 34.1 Å². The van der Waals surface area contributed by atoms with Crippen molar-refractivity contribution in [3.63, 3.8) is 0 Å². The summed E-state index contributed by atoms with van der Waals surface area (Å²) < 4.78 is 28.0. The molecule has 0 saturated heterocycles. The molecule has 8 heteroatoms. The standard InChI is InChI=1S/C21H15ClF2N4O/c1-12-16(15-6-7-17(23)18(24)19(15)27-20(12)29)11-28(21-25-8-3-9-26-21)14-5-2-4-13(22)10-14/h2-10H,11H2,1H3,(H,27,29). The number of benzene rings is 2. The molecule has 0 saturated carbocycles. The fourth-order valence-corrected chi connectivity index (χ4v) is 3.37. The third-order valence-corrected chi connectivity index (χ3v) is 4.92. The number of rotatable bonds is 4. The van der Waals surface area contributed by atoms with Gasteiger partial charge >= 0.3 is 0 Å². The van der Waals surface area contributed by atoms with Crippen LogP contribution in [-0.4, -0.2) is 15.0 Å². The van der Waals surface area contributed by atoms with Gasteiger partial charge in [0.1, 0.15) is 0 Å². The zero-order valence-electron chi connectivity index (χ0n) is 15.3. The second-order valence-corrected chi connectivity index (χ2v) is 6.89. The largest absolute Gasteiger partial charge is 0.319 e. The molecule has 0 unspecified atom stereocenters. The first-order chi connectivity index (χ1) is 14.0. The molecule has 0 atom stereocenters. The van der Waals surface area contributed by atoms with E-state index in [0.717, 1.165) is 6.07 Å². The van der Waals surface area contributed by atoms with Gasteiger partial charge in [-0.2, -0.15) is 0 Å². The topological polar surface area (TPSA) is 61.9 Å². The average Bonchev–Trinajstić information content (AvgIpc) is 2.72. The van der Waals surface area contributed by atoms with Gasteiger partial charge < -0.3 is 9.88 Å². The van der Waals surface area contributed by atoms with Gasteiger partial charge in [0.25, 0.3) is 5.56 Å². The molecule has 0 aliphatic carbocycles. The van der Waals surface area contributed by atoms with Crippen LogP contribution in [0, 0.1) is 18.6 Å². The van der Waals surface area contributed by atoms with Gasteiger partial charge in [-0.25, -0.2) is 18.7 Å². The molecule has 0 bridgehead atoms. The average molecular weight is 413 g/mol. The minimum Gasteiger partial charge on any atom is -0.319 e. The molecule has 0 amide bonds. The Morgan fingerprint density at radius 2 is 1.86 bits per heavy atom. The number of fused-ring (bicyclic) bond motifs is 1. The molecular formula is C21H15ClF2N4O. The maximum atomic E-state index is 14.3. The minimum absolute atomic E-state index is 0.154. The van der Waals surface area contributed by atoms with E-state index in [9.17, 15) is 13.6 Å². The molecule has 4 aromatic rings. The first-order valence-corrected chi connectivity index (χ1v) is 9.13. The summed E-state index contributed by atoms with van der Waals surface area (Å²) >= 11 is 6.16. The summed E-state index contributed by atoms with van der Waals surface area (Å²) in [4.78, 5) is 25.2. The maximum Gasteiger partial charge on any atom is 0.251 e. The molecule has 2 heterocycles. The highest BCUT2D eigenvalue weighted by molar-refractivity contribution is 6.30. The number of pyridine rings is 1. The zero-order valence-corrected chi connectivity index (χ0v) is 16.0. The van der Waals surface area contributed by atoms with E-state index in [1.54, 1.807) is 48.5 Å². The van der Waals surface area contributed by atoms with Crippen molar-refractivity contribution in [2.45, 2.75) is 13.5 Å². The van der Waals surface area contributed by atoms with Crippen molar-refractivity contribution in [2.24, 2.45) is 0 Å². The van der Waals surface area contributed by atoms with Crippen LogP contribution in [0.5, 0.6) is 0 Å². The molecule has 0 aliphatic rings. The highest BCUT2D eigenvalue weighted by Crippen LogP contribution is 2.30. The lowest BCUT2D eigenvalue weighted by Gasteiger charge is -2.24. The van der Waals surface area contributed by atoms with Gasteiger partial charge in [0.2, 0.25) is 5.95 Å². The van der Waals surface area contributed by atoms with Crippen LogP contribution in [-0.2, 0) is 6.54 Å². The van der Waals surface area contributed by atoms with Crippen LogP contribution in [0.1, 0.15) is 11.1 Å². The van der Waals surface area contributed by atoms with E-state index in [1.807, 2.05) is 6.07 Å². The van der Waals surface area contributed by atoms with Crippen LogP contribution in [0.15, 0.2) is 59.7 Å². The fourth-order valence-electron chi connectivity index (χ4n) is 3.18. The zero-order chi connectivity index (χ0) is 20.5. The van der Waals surface area contributed by atoms with Crippen LogP contribution < -0.4 is 10.5 Å². The first-order valence-electron chi connectivity index (χ1n) is 8.75. The van der Waals surface area contributed by atoms with Gasteiger partial charge in [0, 0.05) is 34.1 Å². The Hall–Kier alpha value is -3.32. The van der Waals surface area contributed by atoms with E-state index in [4.69, 9.17) is 11.6 Å². The first kappa shape index (κ1) is 19.0. The van der Waals surface area contributed by atoms with Gasteiger partial charge in [-0.1, -0.05) is 17.7 Å². The Morgan fingerprint density at radius 1 is 1.10 bits per heavy atom. The Balaban J connectivity index is 1.93. The third kappa shape index (κ3) is 3.56. The lowest BCUT2D eigenvalue weighted by molar-refractivity contribution is 0.515. The molecule has 2 aromatic heterocycles. The second kappa shape index (κ2) is 7.60. The van der Waals surface area contributed by atoms with E-state index >= 15 is 0 Å². The lowest BCUT2D eigenvalue weighted by Crippen LogP contribution is -2.23. The number of nitrogens with zero attached hydrogens (tertiary/aromatic N) is 3. The van der Waals surface area contributed by atoms with Crippen molar-refractivity contribution in [1.82, 2.24) is 15.0 Å². The van der Waals surface area contributed by atoms with Crippen molar-refractivity contribution in [1.29, 1.82) is 0 Å². The van der Waals surface area contributed by atoms with Crippen LogP contribution in [0.2, 0.25) is 5.02 Å². The number of H-pyrrole nitrogens is 1. The monoisotopic (exact) mass is 412 g/mol.